The molecule has 0 aliphatic carbocycles. The number of ether oxygens (including phenoxy) is 6. The molecule has 1 aliphatic heterocycles. The van der Waals surface area contributed by atoms with Crippen molar-refractivity contribution in [3.8, 4) is 28.7 Å². The van der Waals surface area contributed by atoms with Gasteiger partial charge in [0.1, 0.15) is 13.2 Å². The highest BCUT2D eigenvalue weighted by Gasteiger charge is 2.19. The predicted octanol–water partition coefficient (Wildman–Crippen LogP) is 1.99. The summed E-state index contributed by atoms with van der Waals surface area (Å²) >= 11 is 0. The fourth-order valence-corrected chi connectivity index (χ4v) is 2.86. The molecule has 0 spiro atoms. The second-order valence-corrected chi connectivity index (χ2v) is 6.35. The van der Waals surface area contributed by atoms with Crippen LogP contribution in [0.1, 0.15) is 10.4 Å². The molecule has 0 radical (unpaired) electrons. The van der Waals surface area contributed by atoms with Crippen LogP contribution < -0.4 is 34.3 Å². The average Bonchev–Trinajstić information content (AvgIpc) is 2.81. The topological polar surface area (TPSA) is 131 Å². The van der Waals surface area contributed by atoms with E-state index in [0.29, 0.717) is 36.1 Å². The lowest BCUT2D eigenvalue weighted by molar-refractivity contribution is -0.123. The van der Waals surface area contributed by atoms with E-state index in [2.05, 4.69) is 10.6 Å². The summed E-state index contributed by atoms with van der Waals surface area (Å²) in [5.41, 5.74) is 0.474. The van der Waals surface area contributed by atoms with Gasteiger partial charge in [-0.15, -0.1) is 0 Å². The Bertz CT molecular complexity index is 997. The SMILES string of the molecule is COc1cc(C(=O)OCC(=O)NC(=O)Nc2ccc3c(c2)OCCO3)cc(OC)c1OC. The number of carbonyl (C=O) groups is 3. The first-order valence-corrected chi connectivity index (χ1v) is 9.42. The van der Waals surface area contributed by atoms with Gasteiger partial charge < -0.3 is 33.7 Å². The summed E-state index contributed by atoms with van der Waals surface area (Å²) in [6.45, 7) is 0.173. The number of hydrogen-bond donors (Lipinski definition) is 2. The lowest BCUT2D eigenvalue weighted by Crippen LogP contribution is -2.37. The fourth-order valence-electron chi connectivity index (χ4n) is 2.86. The van der Waals surface area contributed by atoms with Crippen molar-refractivity contribution in [3.63, 3.8) is 0 Å². The second-order valence-electron chi connectivity index (χ2n) is 6.35. The Morgan fingerprint density at radius 1 is 0.906 bits per heavy atom. The van der Waals surface area contributed by atoms with Gasteiger partial charge in [-0.05, 0) is 24.3 Å². The molecule has 2 aromatic rings. The predicted molar refractivity (Wildman–Crippen MR) is 111 cm³/mol. The molecule has 0 fully saturated rings. The van der Waals surface area contributed by atoms with E-state index in [1.54, 1.807) is 18.2 Å². The van der Waals surface area contributed by atoms with Crippen molar-refractivity contribution < 1.29 is 42.8 Å². The van der Waals surface area contributed by atoms with Crippen LogP contribution in [0.4, 0.5) is 10.5 Å². The summed E-state index contributed by atoms with van der Waals surface area (Å²) < 4.78 is 31.3. The molecule has 0 unspecified atom stereocenters. The number of anilines is 1. The zero-order valence-corrected chi connectivity index (χ0v) is 17.7. The van der Waals surface area contributed by atoms with Crippen molar-refractivity contribution in [1.29, 1.82) is 0 Å². The lowest BCUT2D eigenvalue weighted by atomic mass is 10.2. The number of methoxy groups -OCH3 is 3. The van der Waals surface area contributed by atoms with Gasteiger partial charge in [0.2, 0.25) is 5.75 Å². The molecule has 1 heterocycles. The van der Waals surface area contributed by atoms with Crippen LogP contribution >= 0.6 is 0 Å². The molecule has 32 heavy (non-hydrogen) atoms. The summed E-state index contributed by atoms with van der Waals surface area (Å²) in [7, 11) is 4.24. The zero-order chi connectivity index (χ0) is 23.1. The third kappa shape index (κ3) is 5.31. The molecule has 11 heteroatoms. The maximum absolute atomic E-state index is 12.3. The summed E-state index contributed by atoms with van der Waals surface area (Å²) in [6, 6.07) is 6.79. The van der Waals surface area contributed by atoms with Crippen LogP contribution in [0.2, 0.25) is 0 Å². The number of amides is 3. The van der Waals surface area contributed by atoms with E-state index in [1.165, 1.54) is 33.5 Å². The molecule has 170 valence electrons. The van der Waals surface area contributed by atoms with Crippen molar-refractivity contribution in [2.75, 3.05) is 46.5 Å². The molecule has 0 saturated heterocycles. The minimum absolute atomic E-state index is 0.0769. The molecule has 1 aliphatic rings. The van der Waals surface area contributed by atoms with E-state index in [4.69, 9.17) is 28.4 Å². The minimum Gasteiger partial charge on any atom is -0.493 e. The molecule has 0 bridgehead atoms. The fraction of sp³-hybridized carbons (Fsp3) is 0.286. The van der Waals surface area contributed by atoms with Gasteiger partial charge in [-0.3, -0.25) is 10.1 Å². The van der Waals surface area contributed by atoms with E-state index in [1.807, 2.05) is 0 Å². The molecule has 0 aromatic heterocycles. The Morgan fingerprint density at radius 3 is 2.19 bits per heavy atom. The zero-order valence-electron chi connectivity index (χ0n) is 17.7. The van der Waals surface area contributed by atoms with Crippen LogP contribution in [0, 0.1) is 0 Å². The van der Waals surface area contributed by atoms with Crippen LogP contribution in [-0.4, -0.2) is 59.1 Å². The third-order valence-corrected chi connectivity index (χ3v) is 4.29. The van der Waals surface area contributed by atoms with Crippen molar-refractivity contribution in [1.82, 2.24) is 5.32 Å². The van der Waals surface area contributed by atoms with Crippen molar-refractivity contribution in [3.05, 3.63) is 35.9 Å². The Labute approximate surface area is 183 Å². The summed E-state index contributed by atoms with van der Waals surface area (Å²) in [5.74, 6) is 0.230. The van der Waals surface area contributed by atoms with Gasteiger partial charge in [0, 0.05) is 11.8 Å². The molecular weight excluding hydrogens is 424 g/mol. The van der Waals surface area contributed by atoms with Crippen LogP contribution in [0.3, 0.4) is 0 Å². The lowest BCUT2D eigenvalue weighted by Gasteiger charge is -2.19. The highest BCUT2D eigenvalue weighted by Crippen LogP contribution is 2.38. The van der Waals surface area contributed by atoms with Gasteiger partial charge in [0.25, 0.3) is 5.91 Å². The van der Waals surface area contributed by atoms with Crippen LogP contribution in [0.25, 0.3) is 0 Å². The van der Waals surface area contributed by atoms with Gasteiger partial charge in [-0.1, -0.05) is 0 Å². The standard InChI is InChI=1S/C21H22N2O9/c1-27-16-8-12(9-17(28-2)19(16)29-3)20(25)32-11-18(24)23-21(26)22-13-4-5-14-15(10-13)31-7-6-30-14/h4-5,8-10H,6-7,11H2,1-3H3,(H2,22,23,24,26). The minimum atomic E-state index is -0.819. The number of imide groups is 1. The quantitative estimate of drug-likeness (QED) is 0.613. The highest BCUT2D eigenvalue weighted by atomic mass is 16.6. The first-order valence-electron chi connectivity index (χ1n) is 9.42. The first-order chi connectivity index (χ1) is 15.4. The number of rotatable bonds is 7. The van der Waals surface area contributed by atoms with E-state index in [-0.39, 0.29) is 17.1 Å². The van der Waals surface area contributed by atoms with Gasteiger partial charge >= 0.3 is 12.0 Å². The molecule has 11 nitrogen and oxygen atoms in total. The second kappa shape index (κ2) is 10.2. The molecule has 0 saturated carbocycles. The largest absolute Gasteiger partial charge is 0.493 e. The van der Waals surface area contributed by atoms with E-state index < -0.39 is 24.5 Å². The van der Waals surface area contributed by atoms with Crippen molar-refractivity contribution >= 4 is 23.6 Å². The average molecular weight is 446 g/mol. The molecule has 0 atom stereocenters. The highest BCUT2D eigenvalue weighted by molar-refractivity contribution is 6.02. The van der Waals surface area contributed by atoms with Gasteiger partial charge in [-0.2, -0.15) is 0 Å². The van der Waals surface area contributed by atoms with Crippen molar-refractivity contribution in [2.45, 2.75) is 0 Å². The first kappa shape index (κ1) is 22.5. The monoisotopic (exact) mass is 446 g/mol. The van der Waals surface area contributed by atoms with Crippen LogP contribution in [0.5, 0.6) is 28.7 Å². The van der Waals surface area contributed by atoms with Gasteiger partial charge in [0.05, 0.1) is 26.9 Å². The molecule has 2 N–H and O–H groups in total. The van der Waals surface area contributed by atoms with Gasteiger partial charge in [-0.25, -0.2) is 9.59 Å². The Kier molecular flexibility index (Phi) is 7.21. The van der Waals surface area contributed by atoms with Gasteiger partial charge in [0.15, 0.2) is 29.6 Å². The molecule has 3 amide bonds. The Balaban J connectivity index is 1.54. The summed E-state index contributed by atoms with van der Waals surface area (Å²) in [6.07, 6.45) is 0. The third-order valence-electron chi connectivity index (χ3n) is 4.29. The summed E-state index contributed by atoms with van der Waals surface area (Å²) in [4.78, 5) is 36.4. The molecule has 2 aromatic carbocycles. The number of hydrogen-bond acceptors (Lipinski definition) is 9. The molecular formula is C21H22N2O9. The van der Waals surface area contributed by atoms with E-state index >= 15 is 0 Å². The van der Waals surface area contributed by atoms with E-state index in [0.717, 1.165) is 0 Å². The number of nitrogens with one attached hydrogen (secondary N) is 2. The van der Waals surface area contributed by atoms with Crippen LogP contribution in [0.15, 0.2) is 30.3 Å². The van der Waals surface area contributed by atoms with Crippen molar-refractivity contribution in [2.24, 2.45) is 0 Å². The number of urea groups is 1. The number of fused-ring (bicyclic) bond motifs is 1. The maximum Gasteiger partial charge on any atom is 0.338 e. The normalized spacial score (nSPS) is 11.7. The van der Waals surface area contributed by atoms with Crippen LogP contribution in [-0.2, 0) is 9.53 Å². The number of benzene rings is 2. The number of carbonyl (C=O) groups excluding carboxylic acids is 3. The smallest absolute Gasteiger partial charge is 0.338 e. The maximum atomic E-state index is 12.3. The summed E-state index contributed by atoms with van der Waals surface area (Å²) in [5, 5.41) is 4.56. The number of esters is 1. The van der Waals surface area contributed by atoms with E-state index in [9.17, 15) is 14.4 Å². The molecule has 3 rings (SSSR count). The Morgan fingerprint density at radius 2 is 1.56 bits per heavy atom. The Hall–Kier alpha value is -4.15.